The van der Waals surface area contributed by atoms with Crippen molar-refractivity contribution >= 4 is 26.3 Å². The molecule has 0 aliphatic carbocycles. The molecule has 0 aromatic heterocycles. The van der Waals surface area contributed by atoms with Crippen molar-refractivity contribution in [3.8, 4) is 0 Å². The van der Waals surface area contributed by atoms with Gasteiger partial charge in [0.05, 0.1) is 0 Å². The van der Waals surface area contributed by atoms with E-state index >= 15 is 0 Å². The van der Waals surface area contributed by atoms with Gasteiger partial charge in [-0.25, -0.2) is 0 Å². The molecule has 0 bridgehead atoms. The molecule has 0 N–H and O–H groups in total. The summed E-state index contributed by atoms with van der Waals surface area (Å²) in [6.07, 6.45) is 15.6. The molecule has 2 heteroatoms. The van der Waals surface area contributed by atoms with Gasteiger partial charge in [0, 0.05) is 0 Å². The average molecular weight is 434 g/mol. The zero-order valence-electron chi connectivity index (χ0n) is 15.0. The molecule has 0 spiro atoms. The van der Waals surface area contributed by atoms with Crippen LogP contribution < -0.4 is 0 Å². The van der Waals surface area contributed by atoms with Crippen molar-refractivity contribution in [3.63, 3.8) is 0 Å². The Labute approximate surface area is 152 Å². The van der Waals surface area contributed by atoms with Gasteiger partial charge in [-0.1, -0.05) is 0 Å². The van der Waals surface area contributed by atoms with Crippen molar-refractivity contribution in [1.29, 1.82) is 0 Å². The van der Waals surface area contributed by atoms with E-state index in [9.17, 15) is 0 Å². The van der Waals surface area contributed by atoms with Crippen LogP contribution >= 0.6 is 26.3 Å². The van der Waals surface area contributed by atoms with Crippen molar-refractivity contribution in [3.05, 3.63) is 35.9 Å². The van der Waals surface area contributed by atoms with Crippen LogP contribution in [0.1, 0.15) is 70.3 Å². The monoisotopic (exact) mass is 434 g/mol. The second kappa shape index (κ2) is 10.3. The second-order valence-electron chi connectivity index (χ2n) is 7.71. The van der Waals surface area contributed by atoms with Crippen LogP contribution in [-0.2, 0) is 6.16 Å². The van der Waals surface area contributed by atoms with Gasteiger partial charge in [0.15, 0.2) is 0 Å². The summed E-state index contributed by atoms with van der Waals surface area (Å²) >= 11 is 2.83. The maximum atomic E-state index is 2.83. The predicted molar refractivity (Wildman–Crippen MR) is 115 cm³/mol. The average Bonchev–Trinajstić information content (AvgIpc) is 2.45. The summed E-state index contributed by atoms with van der Waals surface area (Å²) in [4.78, 5) is 0. The van der Waals surface area contributed by atoms with E-state index in [4.69, 9.17) is 0 Å². The van der Waals surface area contributed by atoms with Gasteiger partial charge >= 0.3 is 153 Å². The molecule has 22 heavy (non-hydrogen) atoms. The third kappa shape index (κ3) is 10.2. The zero-order chi connectivity index (χ0) is 16.3. The van der Waals surface area contributed by atoms with Crippen molar-refractivity contribution in [1.82, 2.24) is 0 Å². The number of hydrogen-bond acceptors (Lipinski definition) is 0. The van der Waals surface area contributed by atoms with Crippen LogP contribution in [0.5, 0.6) is 0 Å². The first-order chi connectivity index (χ1) is 10.4. The van der Waals surface area contributed by atoms with Gasteiger partial charge < -0.3 is 0 Å². The van der Waals surface area contributed by atoms with E-state index in [1.165, 1.54) is 75.7 Å². The Morgan fingerprint density at radius 3 is 1.82 bits per heavy atom. The van der Waals surface area contributed by atoms with Crippen LogP contribution in [0.15, 0.2) is 30.3 Å². The molecule has 0 saturated carbocycles. The van der Waals surface area contributed by atoms with Crippen molar-refractivity contribution in [2.75, 3.05) is 19.5 Å². The predicted octanol–water partition coefficient (Wildman–Crippen LogP) is 7.88. The zero-order valence-corrected chi connectivity index (χ0v) is 18.0. The Kier molecular flexibility index (Phi) is 9.55. The molecule has 0 radical (unpaired) electrons. The van der Waals surface area contributed by atoms with Crippen molar-refractivity contribution in [2.24, 2.45) is 0 Å². The maximum absolute atomic E-state index is 2.83. The van der Waals surface area contributed by atoms with Gasteiger partial charge in [-0.15, -0.1) is 0 Å². The molecule has 0 amide bonds. The second-order valence-corrected chi connectivity index (χ2v) is 23.4. The van der Waals surface area contributed by atoms with Gasteiger partial charge in [-0.2, -0.15) is 0 Å². The van der Waals surface area contributed by atoms with Crippen LogP contribution in [0, 0.1) is 0 Å². The summed E-state index contributed by atoms with van der Waals surface area (Å²) < 4.78 is -1.53. The fourth-order valence-electron chi connectivity index (χ4n) is 3.14. The van der Waals surface area contributed by atoms with Crippen LogP contribution in [0.3, 0.4) is 0 Å². The molecule has 1 aromatic rings. The number of hydrogen-bond donors (Lipinski definition) is 0. The van der Waals surface area contributed by atoms with Gasteiger partial charge in [0.25, 0.3) is 0 Å². The van der Waals surface area contributed by atoms with Crippen LogP contribution in [0.4, 0.5) is 0 Å². The molecule has 0 fully saturated rings. The molecule has 1 aromatic carbocycles. The van der Waals surface area contributed by atoms with Gasteiger partial charge in [-0.05, 0) is 0 Å². The minimum atomic E-state index is -1.53. The van der Waals surface area contributed by atoms with Gasteiger partial charge in [-0.3, -0.25) is 0 Å². The van der Waals surface area contributed by atoms with E-state index in [1.807, 2.05) is 0 Å². The van der Waals surface area contributed by atoms with Gasteiger partial charge in [0.2, 0.25) is 0 Å². The van der Waals surface area contributed by atoms with Crippen LogP contribution in [0.25, 0.3) is 0 Å². The van der Waals surface area contributed by atoms with Crippen molar-refractivity contribution < 1.29 is 0 Å². The van der Waals surface area contributed by atoms with E-state index in [0.717, 1.165) is 0 Å². The molecule has 0 saturated heterocycles. The summed E-state index contributed by atoms with van der Waals surface area (Å²) in [6.45, 7) is 7.41. The first-order valence-corrected chi connectivity index (χ1v) is 15.5. The summed E-state index contributed by atoms with van der Waals surface area (Å²) in [6, 6.07) is 11.1. The Hall–Kier alpha value is 0.380. The third-order valence-electron chi connectivity index (χ3n) is 4.46. The molecular formula is C20H36IP. The topological polar surface area (TPSA) is 0 Å². The fourth-order valence-corrected chi connectivity index (χ4v) is 8.04. The molecule has 0 unspecified atom stereocenters. The Morgan fingerprint density at radius 2 is 1.27 bits per heavy atom. The molecule has 0 aliphatic heterocycles. The normalized spacial score (nSPS) is 13.7. The molecule has 0 nitrogen and oxygen atoms in total. The molecular weight excluding hydrogens is 398 g/mol. The molecule has 128 valence electrons. The Bertz CT molecular complexity index is 391. The van der Waals surface area contributed by atoms with E-state index in [0.29, 0.717) is 0 Å². The first kappa shape index (κ1) is 20.4. The van der Waals surface area contributed by atoms with E-state index in [-0.39, 0.29) is 0 Å². The Balaban J connectivity index is 2.16. The van der Waals surface area contributed by atoms with Crippen LogP contribution in [0.2, 0.25) is 0 Å². The number of rotatable bonds is 12. The molecule has 0 atom stereocenters. The fraction of sp³-hybridized carbons (Fsp3) is 0.700. The summed E-state index contributed by atoms with van der Waals surface area (Å²) in [5.41, 5.74) is 1.52. The SMILES string of the molecule is CCCCCCCCCCCP(C)(C)(I)Cc1ccccc1. The van der Waals surface area contributed by atoms with E-state index in [1.54, 1.807) is 0 Å². The van der Waals surface area contributed by atoms with Gasteiger partial charge in [0.1, 0.15) is 0 Å². The molecule has 0 aliphatic rings. The number of benzene rings is 1. The Morgan fingerprint density at radius 1 is 0.773 bits per heavy atom. The van der Waals surface area contributed by atoms with Crippen LogP contribution in [-0.4, -0.2) is 19.5 Å². The molecule has 1 rings (SSSR count). The quantitative estimate of drug-likeness (QED) is 0.178. The first-order valence-electron chi connectivity index (χ1n) is 9.17. The van der Waals surface area contributed by atoms with Crippen molar-refractivity contribution in [2.45, 2.75) is 70.9 Å². The minimum absolute atomic E-state index is 1.30. The van der Waals surface area contributed by atoms with E-state index < -0.39 is 4.25 Å². The summed E-state index contributed by atoms with van der Waals surface area (Å²) in [5, 5.41) is 0. The summed E-state index contributed by atoms with van der Waals surface area (Å²) in [5.74, 6) is 0. The number of unbranched alkanes of at least 4 members (excludes halogenated alkanes) is 8. The third-order valence-corrected chi connectivity index (χ3v) is 9.97. The summed E-state index contributed by atoms with van der Waals surface area (Å²) in [7, 11) is 0. The van der Waals surface area contributed by atoms with E-state index in [2.05, 4.69) is 72.6 Å². The molecule has 0 heterocycles. The standard InChI is InChI=1S/C20H36IP/c1-4-5-6-7-8-9-10-11-15-18-22(2,3,21)19-20-16-13-12-14-17-20/h12-14,16-17H,4-11,15,18-19H2,1-3H3. The number of halogens is 1.